The number of rotatable bonds is 6. The summed E-state index contributed by atoms with van der Waals surface area (Å²) in [5.41, 5.74) is -1.08. The number of hydrogen-bond donors (Lipinski definition) is 2. The Kier molecular flexibility index (Phi) is 7.22. The van der Waals surface area contributed by atoms with E-state index in [4.69, 9.17) is 0 Å². The Morgan fingerprint density at radius 1 is 0.893 bits per heavy atom. The lowest BCUT2D eigenvalue weighted by Gasteiger charge is -2.11. The van der Waals surface area contributed by atoms with Crippen molar-refractivity contribution < 1.29 is 31.1 Å². The lowest BCUT2D eigenvalue weighted by molar-refractivity contribution is -0.138. The molecule has 0 heterocycles. The highest BCUT2D eigenvalue weighted by Crippen LogP contribution is 2.31. The molecule has 0 aromatic heterocycles. The summed E-state index contributed by atoms with van der Waals surface area (Å²) in [6, 6.07) is 8.54. The van der Waals surface area contributed by atoms with E-state index >= 15 is 0 Å². The molecule has 3 nitrogen and oxygen atoms in total. The average molecular weight is 422 g/mol. The van der Waals surface area contributed by atoms with Gasteiger partial charge in [-0.15, -0.1) is 0 Å². The molecular weight excluding hydrogens is 406 g/mol. The van der Waals surface area contributed by atoms with Crippen molar-refractivity contribution in [3.05, 3.63) is 65.2 Å². The van der Waals surface area contributed by atoms with Gasteiger partial charge in [0, 0.05) is 23.7 Å². The van der Waals surface area contributed by atoms with E-state index < -0.39 is 29.5 Å². The molecule has 28 heavy (non-hydrogen) atoms. The van der Waals surface area contributed by atoms with Gasteiger partial charge < -0.3 is 10.6 Å². The maximum atomic E-state index is 12.6. The van der Waals surface area contributed by atoms with Crippen LogP contribution in [-0.2, 0) is 18.1 Å². The van der Waals surface area contributed by atoms with Gasteiger partial charge in [-0.3, -0.25) is 0 Å². The number of halogens is 6. The van der Waals surface area contributed by atoms with E-state index in [9.17, 15) is 31.1 Å². The summed E-state index contributed by atoms with van der Waals surface area (Å²) in [5, 5.41) is 4.78. The van der Waals surface area contributed by atoms with Crippen molar-refractivity contribution >= 4 is 23.5 Å². The van der Waals surface area contributed by atoms with Gasteiger partial charge in [-0.2, -0.15) is 38.1 Å². The largest absolute Gasteiger partial charge is 0.416 e. The predicted molar refractivity (Wildman–Crippen MR) is 96.1 cm³/mol. The Balaban J connectivity index is 1.73. The summed E-state index contributed by atoms with van der Waals surface area (Å²) in [6.45, 7) is 0.203. The maximum absolute atomic E-state index is 12.6. The van der Waals surface area contributed by atoms with Crippen molar-refractivity contribution in [3.63, 3.8) is 0 Å². The van der Waals surface area contributed by atoms with E-state index in [0.717, 1.165) is 24.3 Å². The van der Waals surface area contributed by atoms with Crippen LogP contribution >= 0.6 is 11.8 Å². The number of urea groups is 1. The average Bonchev–Trinajstić information content (AvgIpc) is 2.60. The first-order chi connectivity index (χ1) is 13.1. The van der Waals surface area contributed by atoms with Gasteiger partial charge in [0.2, 0.25) is 0 Å². The van der Waals surface area contributed by atoms with E-state index in [2.05, 4.69) is 10.6 Å². The van der Waals surface area contributed by atoms with Crippen molar-refractivity contribution in [1.82, 2.24) is 5.32 Å². The molecule has 152 valence electrons. The normalized spacial score (nSPS) is 11.9. The molecule has 0 saturated heterocycles. The fourth-order valence-electron chi connectivity index (χ4n) is 2.21. The molecule has 0 aliphatic heterocycles. The third kappa shape index (κ3) is 6.99. The Morgan fingerprint density at radius 3 is 2.14 bits per heavy atom. The molecule has 2 aromatic carbocycles. The van der Waals surface area contributed by atoms with Crippen LogP contribution in [-0.4, -0.2) is 18.3 Å². The molecule has 0 aliphatic carbocycles. The first-order valence-corrected chi connectivity index (χ1v) is 9.17. The number of amides is 2. The molecule has 2 aromatic rings. The Labute approximate surface area is 161 Å². The lowest BCUT2D eigenvalue weighted by atomic mass is 10.1. The molecule has 2 amide bonds. The zero-order chi connectivity index (χ0) is 20.8. The molecule has 0 fully saturated rings. The highest BCUT2D eigenvalue weighted by atomic mass is 32.2. The molecule has 2 rings (SSSR count). The number of nitrogens with one attached hydrogen (secondary N) is 2. The van der Waals surface area contributed by atoms with Gasteiger partial charge in [0.1, 0.15) is 0 Å². The standard InChI is InChI=1S/C18H16F6N2OS/c19-17(20,21)13-4-1-3-12(9-13)11-28-8-7-25-16(27)26-15-6-2-5-14(10-15)18(22,23)24/h1-6,9-10H,7-8,11H2,(H2,25,26,27). The van der Waals surface area contributed by atoms with Gasteiger partial charge in [-0.05, 0) is 29.8 Å². The fourth-order valence-corrected chi connectivity index (χ4v) is 3.02. The van der Waals surface area contributed by atoms with E-state index in [1.165, 1.54) is 30.0 Å². The first-order valence-electron chi connectivity index (χ1n) is 8.02. The van der Waals surface area contributed by atoms with E-state index in [1.807, 2.05) is 0 Å². The van der Waals surface area contributed by atoms with Crippen LogP contribution in [0.5, 0.6) is 0 Å². The van der Waals surface area contributed by atoms with Crippen molar-refractivity contribution in [2.24, 2.45) is 0 Å². The minimum atomic E-state index is -4.51. The number of thioether (sulfide) groups is 1. The molecule has 2 N–H and O–H groups in total. The summed E-state index contributed by atoms with van der Waals surface area (Å²) in [5.74, 6) is 0.757. The third-order valence-corrected chi connectivity index (χ3v) is 4.53. The monoisotopic (exact) mass is 422 g/mol. The van der Waals surface area contributed by atoms with Gasteiger partial charge in [-0.25, -0.2) is 4.79 Å². The summed E-state index contributed by atoms with van der Waals surface area (Å²) in [6.07, 6.45) is -8.90. The smallest absolute Gasteiger partial charge is 0.337 e. The van der Waals surface area contributed by atoms with Crippen LogP contribution in [0, 0.1) is 0 Å². The summed E-state index contributed by atoms with van der Waals surface area (Å²) in [7, 11) is 0. The molecule has 0 aliphatic rings. The molecule has 0 bridgehead atoms. The number of anilines is 1. The zero-order valence-electron chi connectivity index (χ0n) is 14.3. The number of hydrogen-bond acceptors (Lipinski definition) is 2. The molecule has 0 radical (unpaired) electrons. The summed E-state index contributed by atoms with van der Waals surface area (Å²) < 4.78 is 75.8. The van der Waals surface area contributed by atoms with Crippen LogP contribution in [0.25, 0.3) is 0 Å². The van der Waals surface area contributed by atoms with Crippen LogP contribution in [0.4, 0.5) is 36.8 Å². The molecule has 0 saturated carbocycles. The van der Waals surface area contributed by atoms with Crippen LogP contribution < -0.4 is 10.6 Å². The molecule has 10 heteroatoms. The highest BCUT2D eigenvalue weighted by Gasteiger charge is 2.31. The number of benzene rings is 2. The highest BCUT2D eigenvalue weighted by molar-refractivity contribution is 7.98. The van der Waals surface area contributed by atoms with Crippen molar-refractivity contribution in [2.75, 3.05) is 17.6 Å². The van der Waals surface area contributed by atoms with E-state index in [1.54, 1.807) is 6.07 Å². The quantitative estimate of drug-likeness (QED) is 0.458. The number of carbonyl (C=O) groups is 1. The van der Waals surface area contributed by atoms with Crippen molar-refractivity contribution in [2.45, 2.75) is 18.1 Å². The Morgan fingerprint density at radius 2 is 1.50 bits per heavy atom. The van der Waals surface area contributed by atoms with Gasteiger partial charge in [0.15, 0.2) is 0 Å². The molecule has 0 atom stereocenters. The van der Waals surface area contributed by atoms with Gasteiger partial charge >= 0.3 is 18.4 Å². The second-order valence-corrected chi connectivity index (χ2v) is 6.82. The Hall–Kier alpha value is -2.36. The zero-order valence-corrected chi connectivity index (χ0v) is 15.1. The van der Waals surface area contributed by atoms with Crippen molar-refractivity contribution in [1.29, 1.82) is 0 Å². The minimum absolute atomic E-state index is 0.00365. The van der Waals surface area contributed by atoms with Crippen LogP contribution in [0.15, 0.2) is 48.5 Å². The fraction of sp³-hybridized carbons (Fsp3) is 0.278. The topological polar surface area (TPSA) is 41.1 Å². The van der Waals surface area contributed by atoms with Gasteiger partial charge in [0.25, 0.3) is 0 Å². The Bertz CT molecular complexity index is 807. The summed E-state index contributed by atoms with van der Waals surface area (Å²) >= 11 is 1.32. The van der Waals surface area contributed by atoms with Gasteiger partial charge in [0.05, 0.1) is 11.1 Å². The van der Waals surface area contributed by atoms with E-state index in [0.29, 0.717) is 17.1 Å². The first kappa shape index (κ1) is 21.9. The number of alkyl halides is 6. The number of carbonyl (C=O) groups excluding carboxylic acids is 1. The molecular formula is C18H16F6N2OS. The SMILES string of the molecule is O=C(NCCSCc1cccc(C(F)(F)F)c1)Nc1cccc(C(F)(F)F)c1. The summed E-state index contributed by atoms with van der Waals surface area (Å²) in [4.78, 5) is 11.7. The second kappa shape index (κ2) is 9.22. The van der Waals surface area contributed by atoms with Gasteiger partial charge in [-0.1, -0.05) is 24.3 Å². The molecule has 0 spiro atoms. The third-order valence-electron chi connectivity index (χ3n) is 3.50. The molecule has 0 unspecified atom stereocenters. The van der Waals surface area contributed by atoms with Crippen LogP contribution in [0.1, 0.15) is 16.7 Å². The second-order valence-electron chi connectivity index (χ2n) is 5.71. The predicted octanol–water partition coefficient (Wildman–Crippen LogP) is 5.78. The van der Waals surface area contributed by atoms with Crippen LogP contribution in [0.2, 0.25) is 0 Å². The van der Waals surface area contributed by atoms with Crippen LogP contribution in [0.3, 0.4) is 0 Å². The van der Waals surface area contributed by atoms with E-state index in [-0.39, 0.29) is 12.2 Å². The van der Waals surface area contributed by atoms with Crippen molar-refractivity contribution in [3.8, 4) is 0 Å². The minimum Gasteiger partial charge on any atom is -0.337 e. The maximum Gasteiger partial charge on any atom is 0.416 e. The lowest BCUT2D eigenvalue weighted by Crippen LogP contribution is -2.30.